The van der Waals surface area contributed by atoms with Gasteiger partial charge >= 0.3 is 0 Å². The van der Waals surface area contributed by atoms with Crippen molar-refractivity contribution >= 4 is 66.2 Å². The van der Waals surface area contributed by atoms with Crippen LogP contribution in [0.1, 0.15) is 22.5 Å². The number of hydrogen-bond acceptors (Lipinski definition) is 4. The van der Waals surface area contributed by atoms with Crippen molar-refractivity contribution in [1.82, 2.24) is 4.31 Å². The molecule has 0 unspecified atom stereocenters. The molecule has 1 amide bonds. The molecular formula is C19H16Cl2N2O3S2. The third-order valence-corrected chi connectivity index (χ3v) is 8.67. The number of halogens is 2. The van der Waals surface area contributed by atoms with E-state index in [4.69, 9.17) is 23.2 Å². The Kier molecular flexibility index (Phi) is 5.37. The first kappa shape index (κ1) is 19.7. The molecule has 0 radical (unpaired) electrons. The van der Waals surface area contributed by atoms with Gasteiger partial charge in [0.2, 0.25) is 10.0 Å². The number of amides is 1. The van der Waals surface area contributed by atoms with Crippen LogP contribution in [-0.4, -0.2) is 31.7 Å². The van der Waals surface area contributed by atoms with Crippen LogP contribution in [-0.2, 0) is 10.0 Å². The highest BCUT2D eigenvalue weighted by molar-refractivity contribution is 7.89. The van der Waals surface area contributed by atoms with Crippen LogP contribution in [0.25, 0.3) is 10.1 Å². The number of anilines is 1. The third kappa shape index (κ3) is 3.53. The molecule has 2 aromatic carbocycles. The molecule has 0 atom stereocenters. The van der Waals surface area contributed by atoms with E-state index in [2.05, 4.69) is 5.32 Å². The Labute approximate surface area is 176 Å². The molecule has 1 fully saturated rings. The standard InChI is InChI=1S/C19H16Cl2N2O3S2/c20-14-8-7-12(11-16(14)28(25,26)23-9-3-4-10-23)22-19(24)18-17(21)13-5-1-2-6-15(13)27-18/h1-2,5-8,11H,3-4,9-10H2,(H,22,24). The average molecular weight is 455 g/mol. The summed E-state index contributed by atoms with van der Waals surface area (Å²) in [6.45, 7) is 0.958. The molecule has 1 aliphatic heterocycles. The predicted molar refractivity (Wildman–Crippen MR) is 114 cm³/mol. The smallest absolute Gasteiger partial charge is 0.267 e. The van der Waals surface area contributed by atoms with Crippen molar-refractivity contribution in [2.45, 2.75) is 17.7 Å². The van der Waals surface area contributed by atoms with Gasteiger partial charge in [0, 0.05) is 28.9 Å². The maximum absolute atomic E-state index is 12.8. The Morgan fingerprint density at radius 1 is 1.07 bits per heavy atom. The van der Waals surface area contributed by atoms with Crippen molar-refractivity contribution in [1.29, 1.82) is 0 Å². The van der Waals surface area contributed by atoms with Crippen molar-refractivity contribution in [3.63, 3.8) is 0 Å². The highest BCUT2D eigenvalue weighted by atomic mass is 35.5. The summed E-state index contributed by atoms with van der Waals surface area (Å²) in [5.74, 6) is -0.391. The number of nitrogens with one attached hydrogen (secondary N) is 1. The summed E-state index contributed by atoms with van der Waals surface area (Å²) in [6.07, 6.45) is 1.66. The lowest BCUT2D eigenvalue weighted by atomic mass is 10.2. The van der Waals surface area contributed by atoms with Gasteiger partial charge in [-0.05, 0) is 37.1 Å². The van der Waals surface area contributed by atoms with Crippen LogP contribution in [0.3, 0.4) is 0 Å². The maximum Gasteiger partial charge on any atom is 0.267 e. The van der Waals surface area contributed by atoms with Crippen molar-refractivity contribution in [2.75, 3.05) is 18.4 Å². The van der Waals surface area contributed by atoms with Gasteiger partial charge in [0.25, 0.3) is 5.91 Å². The summed E-state index contributed by atoms with van der Waals surface area (Å²) in [5.41, 5.74) is 0.348. The van der Waals surface area contributed by atoms with Crippen LogP contribution in [0.15, 0.2) is 47.4 Å². The summed E-state index contributed by atoms with van der Waals surface area (Å²) in [7, 11) is -3.69. The van der Waals surface area contributed by atoms with Gasteiger partial charge in [0.05, 0.1) is 10.0 Å². The van der Waals surface area contributed by atoms with E-state index in [0.29, 0.717) is 28.7 Å². The fourth-order valence-corrected chi connectivity index (χ4v) is 6.62. The van der Waals surface area contributed by atoms with E-state index < -0.39 is 15.9 Å². The number of sulfonamides is 1. The zero-order valence-electron chi connectivity index (χ0n) is 14.6. The SMILES string of the molecule is O=C(Nc1ccc(Cl)c(S(=O)(=O)N2CCCC2)c1)c1sc2ccccc2c1Cl. The molecule has 2 heterocycles. The van der Waals surface area contributed by atoms with Gasteiger partial charge in [-0.1, -0.05) is 41.4 Å². The van der Waals surface area contributed by atoms with Crippen LogP contribution in [0.4, 0.5) is 5.69 Å². The van der Waals surface area contributed by atoms with E-state index in [9.17, 15) is 13.2 Å². The lowest BCUT2D eigenvalue weighted by molar-refractivity contribution is 0.103. The second kappa shape index (κ2) is 7.65. The van der Waals surface area contributed by atoms with Crippen LogP contribution in [0.2, 0.25) is 10.0 Å². The zero-order chi connectivity index (χ0) is 19.9. The average Bonchev–Trinajstić information content (AvgIpc) is 3.32. The summed E-state index contributed by atoms with van der Waals surface area (Å²) in [5, 5.41) is 4.06. The van der Waals surface area contributed by atoms with Gasteiger partial charge in [0.1, 0.15) is 9.77 Å². The number of carbonyl (C=O) groups excluding carboxylic acids is 1. The van der Waals surface area contributed by atoms with E-state index in [1.54, 1.807) is 6.07 Å². The lowest BCUT2D eigenvalue weighted by Gasteiger charge is -2.17. The van der Waals surface area contributed by atoms with E-state index in [-0.39, 0.29) is 9.92 Å². The van der Waals surface area contributed by atoms with Gasteiger partial charge in [-0.3, -0.25) is 4.79 Å². The Balaban J connectivity index is 1.65. The number of thiophene rings is 1. The minimum atomic E-state index is -3.69. The van der Waals surface area contributed by atoms with Gasteiger partial charge < -0.3 is 5.32 Å². The number of hydrogen-bond donors (Lipinski definition) is 1. The molecular weight excluding hydrogens is 439 g/mol. The first-order valence-electron chi connectivity index (χ1n) is 8.66. The molecule has 5 nitrogen and oxygen atoms in total. The molecule has 0 saturated carbocycles. The van der Waals surface area contributed by atoms with Gasteiger partial charge in [0.15, 0.2) is 0 Å². The monoisotopic (exact) mass is 454 g/mol. The summed E-state index contributed by atoms with van der Waals surface area (Å²) in [6, 6.07) is 11.9. The van der Waals surface area contributed by atoms with Crippen LogP contribution >= 0.6 is 34.5 Å². The Hall–Kier alpha value is -1.64. The largest absolute Gasteiger partial charge is 0.321 e. The van der Waals surface area contributed by atoms with Crippen molar-refractivity contribution in [3.05, 3.63) is 57.4 Å². The van der Waals surface area contributed by atoms with Crippen molar-refractivity contribution < 1.29 is 13.2 Å². The summed E-state index contributed by atoms with van der Waals surface area (Å²) < 4.78 is 28.0. The van der Waals surface area contributed by atoms with Crippen LogP contribution in [0.5, 0.6) is 0 Å². The van der Waals surface area contributed by atoms with Crippen LogP contribution in [0, 0.1) is 0 Å². The number of fused-ring (bicyclic) bond motifs is 1. The highest BCUT2D eigenvalue weighted by Gasteiger charge is 2.29. The number of rotatable bonds is 4. The van der Waals surface area contributed by atoms with Gasteiger partial charge in [-0.25, -0.2) is 8.42 Å². The van der Waals surface area contributed by atoms with Gasteiger partial charge in [-0.15, -0.1) is 11.3 Å². The molecule has 3 aromatic rings. The Morgan fingerprint density at radius 2 is 1.79 bits per heavy atom. The van der Waals surface area contributed by atoms with E-state index in [1.807, 2.05) is 24.3 Å². The highest BCUT2D eigenvalue weighted by Crippen LogP contribution is 2.36. The maximum atomic E-state index is 12.8. The molecule has 28 heavy (non-hydrogen) atoms. The normalized spacial score (nSPS) is 15.2. The van der Waals surface area contributed by atoms with Crippen molar-refractivity contribution in [3.8, 4) is 0 Å². The number of nitrogens with zero attached hydrogens (tertiary/aromatic N) is 1. The zero-order valence-corrected chi connectivity index (χ0v) is 17.8. The Bertz CT molecular complexity index is 1170. The van der Waals surface area contributed by atoms with E-state index >= 15 is 0 Å². The molecule has 1 saturated heterocycles. The molecule has 0 bridgehead atoms. The number of carbonyl (C=O) groups is 1. The first-order valence-corrected chi connectivity index (χ1v) is 11.7. The second-order valence-electron chi connectivity index (χ2n) is 6.45. The minimum Gasteiger partial charge on any atom is -0.321 e. The molecule has 4 rings (SSSR count). The second-order valence-corrected chi connectivity index (χ2v) is 10.2. The fraction of sp³-hybridized carbons (Fsp3) is 0.211. The Morgan fingerprint density at radius 3 is 2.50 bits per heavy atom. The lowest BCUT2D eigenvalue weighted by Crippen LogP contribution is -2.28. The summed E-state index contributed by atoms with van der Waals surface area (Å²) in [4.78, 5) is 13.1. The quantitative estimate of drug-likeness (QED) is 0.585. The van der Waals surface area contributed by atoms with Crippen molar-refractivity contribution in [2.24, 2.45) is 0 Å². The number of benzene rings is 2. The minimum absolute atomic E-state index is 0.00342. The first-order chi connectivity index (χ1) is 13.4. The molecule has 1 aromatic heterocycles. The topological polar surface area (TPSA) is 66.5 Å². The molecule has 146 valence electrons. The molecule has 0 spiro atoms. The molecule has 1 aliphatic rings. The fourth-order valence-electron chi connectivity index (χ4n) is 3.19. The van der Waals surface area contributed by atoms with E-state index in [1.165, 1.54) is 27.8 Å². The molecule has 9 heteroatoms. The molecule has 0 aliphatic carbocycles. The molecule has 1 N–H and O–H groups in total. The third-order valence-electron chi connectivity index (χ3n) is 4.61. The van der Waals surface area contributed by atoms with Crippen LogP contribution < -0.4 is 5.32 Å². The summed E-state index contributed by atoms with van der Waals surface area (Å²) >= 11 is 13.8. The predicted octanol–water partition coefficient (Wildman–Crippen LogP) is 5.24. The van der Waals surface area contributed by atoms with E-state index in [0.717, 1.165) is 22.9 Å². The van der Waals surface area contributed by atoms with Gasteiger partial charge in [-0.2, -0.15) is 4.31 Å².